The van der Waals surface area contributed by atoms with E-state index < -0.39 is 0 Å². The largest absolute Gasteiger partial charge is 0.331 e. The molecule has 1 aliphatic rings. The van der Waals surface area contributed by atoms with Crippen LogP contribution in [0.2, 0.25) is 5.02 Å². The number of rotatable bonds is 1. The van der Waals surface area contributed by atoms with Crippen molar-refractivity contribution < 1.29 is 0 Å². The summed E-state index contributed by atoms with van der Waals surface area (Å²) in [4.78, 5) is 4.69. The van der Waals surface area contributed by atoms with E-state index in [-0.39, 0.29) is 0 Å². The zero-order valence-electron chi connectivity index (χ0n) is 9.00. The van der Waals surface area contributed by atoms with Crippen LogP contribution < -0.4 is 0 Å². The van der Waals surface area contributed by atoms with Crippen LogP contribution in [0, 0.1) is 0 Å². The van der Waals surface area contributed by atoms with Gasteiger partial charge in [-0.3, -0.25) is 0 Å². The molecule has 0 N–H and O–H groups in total. The Morgan fingerprint density at radius 1 is 1.44 bits per heavy atom. The van der Waals surface area contributed by atoms with Crippen LogP contribution in [-0.4, -0.2) is 9.55 Å². The van der Waals surface area contributed by atoms with Gasteiger partial charge in [-0.2, -0.15) is 0 Å². The van der Waals surface area contributed by atoms with Gasteiger partial charge in [0.2, 0.25) is 0 Å². The number of imidazole rings is 1. The molecule has 1 saturated carbocycles. The molecule has 16 heavy (non-hydrogen) atoms. The molecule has 0 radical (unpaired) electrons. The minimum absolute atomic E-state index is 0.632. The van der Waals surface area contributed by atoms with Gasteiger partial charge in [-0.1, -0.05) is 34.0 Å². The molecule has 0 spiro atoms. The van der Waals surface area contributed by atoms with E-state index in [1.54, 1.807) is 0 Å². The van der Waals surface area contributed by atoms with Gasteiger partial charge in [-0.05, 0) is 25.0 Å². The minimum Gasteiger partial charge on any atom is -0.331 e. The highest BCUT2D eigenvalue weighted by Crippen LogP contribution is 2.38. The van der Waals surface area contributed by atoms with Crippen molar-refractivity contribution in [3.63, 3.8) is 0 Å². The summed E-state index contributed by atoms with van der Waals surface area (Å²) in [5.74, 6) is 1.81. The van der Waals surface area contributed by atoms with E-state index in [4.69, 9.17) is 11.6 Å². The Balaban J connectivity index is 2.25. The van der Waals surface area contributed by atoms with Crippen molar-refractivity contribution in [2.24, 2.45) is 7.05 Å². The van der Waals surface area contributed by atoms with Gasteiger partial charge in [-0.25, -0.2) is 4.98 Å². The summed E-state index contributed by atoms with van der Waals surface area (Å²) >= 11 is 9.68. The van der Waals surface area contributed by atoms with E-state index in [1.165, 1.54) is 25.1 Å². The lowest BCUT2D eigenvalue weighted by atomic mass is 9.85. The molecule has 0 atom stereocenters. The molecule has 1 heterocycles. The second-order valence-electron chi connectivity index (χ2n) is 4.41. The normalized spacial score (nSPS) is 16.7. The van der Waals surface area contributed by atoms with Crippen LogP contribution >= 0.6 is 27.5 Å². The van der Waals surface area contributed by atoms with E-state index >= 15 is 0 Å². The lowest BCUT2D eigenvalue weighted by molar-refractivity contribution is 0.395. The summed E-state index contributed by atoms with van der Waals surface area (Å²) < 4.78 is 3.18. The first-order chi connectivity index (χ1) is 7.66. The van der Waals surface area contributed by atoms with Crippen LogP contribution in [-0.2, 0) is 7.05 Å². The zero-order chi connectivity index (χ0) is 11.3. The fraction of sp³-hybridized carbons (Fsp3) is 0.417. The maximum absolute atomic E-state index is 6.21. The quantitative estimate of drug-likeness (QED) is 0.769. The number of aromatic nitrogens is 2. The molecule has 0 saturated heterocycles. The van der Waals surface area contributed by atoms with E-state index in [0.717, 1.165) is 20.5 Å². The van der Waals surface area contributed by atoms with Gasteiger partial charge in [0.1, 0.15) is 11.3 Å². The Hall–Kier alpha value is -0.540. The van der Waals surface area contributed by atoms with E-state index in [0.29, 0.717) is 5.92 Å². The molecule has 1 aliphatic carbocycles. The van der Waals surface area contributed by atoms with Gasteiger partial charge in [0.05, 0.1) is 10.5 Å². The average molecular weight is 300 g/mol. The Morgan fingerprint density at radius 3 is 2.81 bits per heavy atom. The topological polar surface area (TPSA) is 17.8 Å². The first-order valence-electron chi connectivity index (χ1n) is 5.48. The molecule has 84 valence electrons. The van der Waals surface area contributed by atoms with Crippen molar-refractivity contribution in [2.75, 3.05) is 0 Å². The third kappa shape index (κ3) is 1.49. The van der Waals surface area contributed by atoms with Crippen LogP contribution in [0.5, 0.6) is 0 Å². The standard InChI is InChI=1S/C12H12BrClN2/c1-16-10-6-8(13)5-9(14)11(10)15-12(16)7-3-2-4-7/h5-7H,2-4H2,1H3. The summed E-state index contributed by atoms with van der Waals surface area (Å²) in [5.41, 5.74) is 2.04. The highest BCUT2D eigenvalue weighted by atomic mass is 79.9. The number of nitrogens with zero attached hydrogens (tertiary/aromatic N) is 2. The van der Waals surface area contributed by atoms with E-state index in [2.05, 4.69) is 38.6 Å². The summed E-state index contributed by atoms with van der Waals surface area (Å²) in [6, 6.07) is 3.98. The van der Waals surface area contributed by atoms with Gasteiger partial charge < -0.3 is 4.57 Å². The number of halogens is 2. The maximum atomic E-state index is 6.21. The third-order valence-electron chi connectivity index (χ3n) is 3.41. The third-order valence-corrected chi connectivity index (χ3v) is 4.16. The van der Waals surface area contributed by atoms with Gasteiger partial charge in [0, 0.05) is 17.4 Å². The zero-order valence-corrected chi connectivity index (χ0v) is 11.3. The Morgan fingerprint density at radius 2 is 2.19 bits per heavy atom. The molecule has 0 bridgehead atoms. The molecule has 1 aromatic heterocycles. The molecule has 1 aromatic carbocycles. The SMILES string of the molecule is Cn1c(C2CCC2)nc2c(Cl)cc(Br)cc21. The Kier molecular flexibility index (Phi) is 2.48. The molecule has 0 amide bonds. The minimum atomic E-state index is 0.632. The highest BCUT2D eigenvalue weighted by molar-refractivity contribution is 9.10. The van der Waals surface area contributed by atoms with Crippen molar-refractivity contribution in [1.82, 2.24) is 9.55 Å². The van der Waals surface area contributed by atoms with Gasteiger partial charge >= 0.3 is 0 Å². The van der Waals surface area contributed by atoms with Crippen LogP contribution in [0.3, 0.4) is 0 Å². The smallest absolute Gasteiger partial charge is 0.112 e. The summed E-state index contributed by atoms with van der Waals surface area (Å²) in [7, 11) is 2.08. The van der Waals surface area contributed by atoms with Crippen molar-refractivity contribution in [3.8, 4) is 0 Å². The molecule has 2 aromatic rings. The average Bonchev–Trinajstić information content (AvgIpc) is 2.44. The predicted molar refractivity (Wildman–Crippen MR) is 70.0 cm³/mol. The number of aryl methyl sites for hydroxylation is 1. The number of hydrogen-bond donors (Lipinski definition) is 0. The molecule has 0 aliphatic heterocycles. The fourth-order valence-electron chi connectivity index (χ4n) is 2.26. The molecule has 1 fully saturated rings. The molecule has 2 nitrogen and oxygen atoms in total. The summed E-state index contributed by atoms with van der Waals surface area (Å²) in [6.45, 7) is 0. The van der Waals surface area contributed by atoms with Crippen molar-refractivity contribution in [3.05, 3.63) is 27.5 Å². The van der Waals surface area contributed by atoms with Crippen molar-refractivity contribution >= 4 is 38.6 Å². The lowest BCUT2D eigenvalue weighted by Crippen LogP contribution is -2.13. The molecular formula is C12H12BrClN2. The fourth-order valence-corrected chi connectivity index (χ4v) is 3.10. The Bertz CT molecular complexity index is 558. The first-order valence-corrected chi connectivity index (χ1v) is 6.65. The monoisotopic (exact) mass is 298 g/mol. The van der Waals surface area contributed by atoms with Gasteiger partial charge in [-0.15, -0.1) is 0 Å². The van der Waals surface area contributed by atoms with Crippen LogP contribution in [0.25, 0.3) is 11.0 Å². The summed E-state index contributed by atoms with van der Waals surface area (Å²) in [6.07, 6.45) is 3.84. The molecule has 0 unspecified atom stereocenters. The number of hydrogen-bond acceptors (Lipinski definition) is 1. The van der Waals surface area contributed by atoms with Crippen molar-refractivity contribution in [1.29, 1.82) is 0 Å². The lowest BCUT2D eigenvalue weighted by Gasteiger charge is -2.24. The summed E-state index contributed by atoms with van der Waals surface area (Å²) in [5, 5.41) is 0.727. The number of fused-ring (bicyclic) bond motifs is 1. The second kappa shape index (κ2) is 3.74. The maximum Gasteiger partial charge on any atom is 0.112 e. The highest BCUT2D eigenvalue weighted by Gasteiger charge is 2.25. The Labute approximate surface area is 108 Å². The van der Waals surface area contributed by atoms with E-state index in [9.17, 15) is 0 Å². The number of benzene rings is 1. The predicted octanol–water partition coefficient (Wildman–Crippen LogP) is 4.26. The van der Waals surface area contributed by atoms with E-state index in [1.807, 2.05) is 6.07 Å². The van der Waals surface area contributed by atoms with Gasteiger partial charge in [0.25, 0.3) is 0 Å². The molecule has 3 rings (SSSR count). The van der Waals surface area contributed by atoms with Gasteiger partial charge in [0.15, 0.2) is 0 Å². The molecule has 4 heteroatoms. The van der Waals surface area contributed by atoms with Crippen molar-refractivity contribution in [2.45, 2.75) is 25.2 Å². The van der Waals surface area contributed by atoms with Crippen LogP contribution in [0.1, 0.15) is 31.0 Å². The first kappa shape index (κ1) is 10.6. The van der Waals surface area contributed by atoms with Crippen LogP contribution in [0.15, 0.2) is 16.6 Å². The van der Waals surface area contributed by atoms with Crippen LogP contribution in [0.4, 0.5) is 0 Å². The molecular weight excluding hydrogens is 288 g/mol. The second-order valence-corrected chi connectivity index (χ2v) is 5.74.